The summed E-state index contributed by atoms with van der Waals surface area (Å²) in [6.07, 6.45) is 3.85. The standard InChI is InChI=1S/C13H18N2O2/c1-4-13(16,10-5-7-14-8-6-10)11-15-12(2,3)9-17-11/h5-8,16H,4,9H2,1-3H3. The fourth-order valence-electron chi connectivity index (χ4n) is 1.90. The van der Waals surface area contributed by atoms with E-state index in [0.29, 0.717) is 18.9 Å². The fraction of sp³-hybridized carbons (Fsp3) is 0.538. The third-order valence-corrected chi connectivity index (χ3v) is 2.99. The number of nitrogens with zero attached hydrogens (tertiary/aromatic N) is 2. The lowest BCUT2D eigenvalue weighted by molar-refractivity contribution is 0.0777. The lowest BCUT2D eigenvalue weighted by atomic mass is 9.91. The zero-order valence-corrected chi connectivity index (χ0v) is 10.5. The Balaban J connectivity index is 2.40. The maximum Gasteiger partial charge on any atom is 0.221 e. The van der Waals surface area contributed by atoms with Gasteiger partial charge in [-0.1, -0.05) is 6.92 Å². The van der Waals surface area contributed by atoms with Gasteiger partial charge < -0.3 is 9.84 Å². The van der Waals surface area contributed by atoms with E-state index in [4.69, 9.17) is 4.74 Å². The Morgan fingerprint density at radius 1 is 1.41 bits per heavy atom. The lowest BCUT2D eigenvalue weighted by Crippen LogP contribution is -2.35. The van der Waals surface area contributed by atoms with Crippen molar-refractivity contribution >= 4 is 5.90 Å². The summed E-state index contributed by atoms with van der Waals surface area (Å²) in [7, 11) is 0. The van der Waals surface area contributed by atoms with Crippen LogP contribution in [0, 0.1) is 0 Å². The summed E-state index contributed by atoms with van der Waals surface area (Å²) in [6.45, 7) is 6.40. The first kappa shape index (κ1) is 12.0. The zero-order chi connectivity index (χ0) is 12.5. The molecule has 2 heterocycles. The van der Waals surface area contributed by atoms with Gasteiger partial charge in [0.15, 0.2) is 5.60 Å². The molecule has 0 spiro atoms. The molecule has 0 radical (unpaired) electrons. The van der Waals surface area contributed by atoms with Gasteiger partial charge in [-0.2, -0.15) is 0 Å². The second-order valence-corrected chi connectivity index (χ2v) is 4.97. The first-order valence-electron chi connectivity index (χ1n) is 5.84. The van der Waals surface area contributed by atoms with E-state index in [0.717, 1.165) is 5.56 Å². The second-order valence-electron chi connectivity index (χ2n) is 4.97. The van der Waals surface area contributed by atoms with E-state index >= 15 is 0 Å². The van der Waals surface area contributed by atoms with Gasteiger partial charge in [0.1, 0.15) is 6.61 Å². The monoisotopic (exact) mass is 234 g/mol. The van der Waals surface area contributed by atoms with Crippen molar-refractivity contribution in [1.29, 1.82) is 0 Å². The number of aromatic nitrogens is 1. The molecule has 0 bridgehead atoms. The molecule has 4 nitrogen and oxygen atoms in total. The van der Waals surface area contributed by atoms with Crippen LogP contribution >= 0.6 is 0 Å². The molecule has 1 unspecified atom stereocenters. The third kappa shape index (κ3) is 2.17. The van der Waals surface area contributed by atoms with Crippen molar-refractivity contribution in [2.24, 2.45) is 4.99 Å². The maximum atomic E-state index is 10.7. The molecule has 0 aromatic carbocycles. The number of hydrogen-bond donors (Lipinski definition) is 1. The largest absolute Gasteiger partial charge is 0.476 e. The second kappa shape index (κ2) is 4.11. The molecule has 0 saturated heterocycles. The molecule has 2 rings (SSSR count). The van der Waals surface area contributed by atoms with E-state index in [2.05, 4.69) is 9.98 Å². The van der Waals surface area contributed by atoms with Crippen molar-refractivity contribution < 1.29 is 9.84 Å². The Morgan fingerprint density at radius 2 is 2.06 bits per heavy atom. The van der Waals surface area contributed by atoms with E-state index in [1.807, 2.05) is 20.8 Å². The summed E-state index contributed by atoms with van der Waals surface area (Å²) < 4.78 is 5.56. The Morgan fingerprint density at radius 3 is 2.53 bits per heavy atom. The summed E-state index contributed by atoms with van der Waals surface area (Å²) in [5.41, 5.74) is -0.631. The van der Waals surface area contributed by atoms with Crippen LogP contribution in [0.4, 0.5) is 0 Å². The van der Waals surface area contributed by atoms with Crippen LogP contribution in [0.25, 0.3) is 0 Å². The predicted molar refractivity (Wildman–Crippen MR) is 65.9 cm³/mol. The number of aliphatic imine (C=N–C) groups is 1. The molecule has 0 amide bonds. The summed E-state index contributed by atoms with van der Waals surface area (Å²) in [5, 5.41) is 10.7. The minimum atomic E-state index is -1.14. The molecule has 0 fully saturated rings. The van der Waals surface area contributed by atoms with Crippen LogP contribution in [0.2, 0.25) is 0 Å². The molecular weight excluding hydrogens is 216 g/mol. The van der Waals surface area contributed by atoms with Crippen LogP contribution < -0.4 is 0 Å². The van der Waals surface area contributed by atoms with Gasteiger partial charge in [0.2, 0.25) is 5.90 Å². The highest BCUT2D eigenvalue weighted by Gasteiger charge is 2.41. The first-order chi connectivity index (χ1) is 7.98. The van der Waals surface area contributed by atoms with Crippen molar-refractivity contribution in [3.63, 3.8) is 0 Å². The van der Waals surface area contributed by atoms with E-state index < -0.39 is 5.60 Å². The van der Waals surface area contributed by atoms with Crippen LogP contribution in [0.5, 0.6) is 0 Å². The summed E-state index contributed by atoms with van der Waals surface area (Å²) >= 11 is 0. The van der Waals surface area contributed by atoms with Gasteiger partial charge in [-0.15, -0.1) is 0 Å². The topological polar surface area (TPSA) is 54.7 Å². The Labute approximate surface area is 101 Å². The Hall–Kier alpha value is -1.42. The highest BCUT2D eigenvalue weighted by atomic mass is 16.5. The number of rotatable bonds is 3. The number of aliphatic hydroxyl groups is 1. The lowest BCUT2D eigenvalue weighted by Gasteiger charge is -2.26. The van der Waals surface area contributed by atoms with Crippen LogP contribution in [0.15, 0.2) is 29.5 Å². The molecule has 92 valence electrons. The molecule has 1 atom stereocenters. The van der Waals surface area contributed by atoms with Crippen molar-refractivity contribution in [3.8, 4) is 0 Å². The van der Waals surface area contributed by atoms with E-state index in [1.165, 1.54) is 0 Å². The Kier molecular flexibility index (Phi) is 2.91. The molecular formula is C13H18N2O2. The molecule has 0 saturated carbocycles. The van der Waals surface area contributed by atoms with Crippen molar-refractivity contribution in [1.82, 2.24) is 4.98 Å². The highest BCUT2D eigenvalue weighted by molar-refractivity contribution is 5.87. The smallest absolute Gasteiger partial charge is 0.221 e. The molecule has 17 heavy (non-hydrogen) atoms. The van der Waals surface area contributed by atoms with Crippen LogP contribution in [0.3, 0.4) is 0 Å². The van der Waals surface area contributed by atoms with Crippen molar-refractivity contribution in [2.45, 2.75) is 38.3 Å². The molecule has 1 aliphatic heterocycles. The van der Waals surface area contributed by atoms with Crippen LogP contribution in [0.1, 0.15) is 32.8 Å². The quantitative estimate of drug-likeness (QED) is 0.868. The van der Waals surface area contributed by atoms with E-state index in [1.54, 1.807) is 24.5 Å². The number of pyridine rings is 1. The minimum absolute atomic E-state index is 0.258. The van der Waals surface area contributed by atoms with Crippen LogP contribution in [-0.2, 0) is 10.3 Å². The van der Waals surface area contributed by atoms with E-state index in [-0.39, 0.29) is 5.54 Å². The molecule has 0 aliphatic carbocycles. The van der Waals surface area contributed by atoms with Gasteiger partial charge in [0.25, 0.3) is 0 Å². The molecule has 4 heteroatoms. The predicted octanol–water partition coefficient (Wildman–Crippen LogP) is 1.89. The normalized spacial score (nSPS) is 21.5. The molecule has 1 aromatic rings. The highest BCUT2D eigenvalue weighted by Crippen LogP contribution is 2.32. The zero-order valence-electron chi connectivity index (χ0n) is 10.5. The maximum absolute atomic E-state index is 10.7. The first-order valence-corrected chi connectivity index (χ1v) is 5.84. The third-order valence-electron chi connectivity index (χ3n) is 2.99. The SMILES string of the molecule is CCC(O)(C1=NC(C)(C)CO1)c1ccncc1. The summed E-state index contributed by atoms with van der Waals surface area (Å²) in [5.74, 6) is 0.413. The fourth-order valence-corrected chi connectivity index (χ4v) is 1.90. The van der Waals surface area contributed by atoms with Gasteiger partial charge in [-0.25, -0.2) is 4.99 Å². The minimum Gasteiger partial charge on any atom is -0.476 e. The van der Waals surface area contributed by atoms with Gasteiger partial charge in [0, 0.05) is 12.4 Å². The molecule has 1 aromatic heterocycles. The summed E-state index contributed by atoms with van der Waals surface area (Å²) in [4.78, 5) is 8.42. The Bertz CT molecular complexity index is 428. The van der Waals surface area contributed by atoms with Crippen LogP contribution in [-0.4, -0.2) is 28.1 Å². The average molecular weight is 234 g/mol. The van der Waals surface area contributed by atoms with Gasteiger partial charge in [0.05, 0.1) is 5.54 Å². The molecule has 1 aliphatic rings. The van der Waals surface area contributed by atoms with Gasteiger partial charge in [-0.05, 0) is 38.0 Å². The summed E-state index contributed by atoms with van der Waals surface area (Å²) in [6, 6.07) is 3.58. The average Bonchev–Trinajstić information content (AvgIpc) is 2.70. The number of ether oxygens (including phenoxy) is 1. The van der Waals surface area contributed by atoms with Crippen molar-refractivity contribution in [3.05, 3.63) is 30.1 Å². The van der Waals surface area contributed by atoms with E-state index in [9.17, 15) is 5.11 Å². The van der Waals surface area contributed by atoms with Crippen molar-refractivity contribution in [2.75, 3.05) is 6.61 Å². The van der Waals surface area contributed by atoms with Gasteiger partial charge in [-0.3, -0.25) is 4.98 Å². The van der Waals surface area contributed by atoms with Gasteiger partial charge >= 0.3 is 0 Å². The molecule has 1 N–H and O–H groups in total. The number of hydrogen-bond acceptors (Lipinski definition) is 4.